The van der Waals surface area contributed by atoms with Gasteiger partial charge in [0.25, 0.3) is 0 Å². The molecule has 1 amide bonds. The van der Waals surface area contributed by atoms with Crippen LogP contribution in [0.25, 0.3) is 5.57 Å². The molecule has 0 bridgehead atoms. The number of halogens is 1. The fraction of sp³-hybridized carbons (Fsp3) is 0.167. The molecular weight excluding hydrogens is 296 g/mol. The number of amides is 1. The first kappa shape index (κ1) is 16.3. The van der Waals surface area contributed by atoms with Crippen LogP contribution in [-0.2, 0) is 11.2 Å². The van der Waals surface area contributed by atoms with Crippen LogP contribution in [0.3, 0.4) is 0 Å². The van der Waals surface area contributed by atoms with Crippen LogP contribution in [0.15, 0.2) is 61.2 Å². The Hall–Kier alpha value is -2.10. The van der Waals surface area contributed by atoms with Crippen molar-refractivity contribution in [2.24, 2.45) is 5.73 Å². The van der Waals surface area contributed by atoms with Gasteiger partial charge in [-0.3, -0.25) is 4.79 Å². The molecule has 0 aliphatic heterocycles. The summed E-state index contributed by atoms with van der Waals surface area (Å²) in [6.45, 7) is 4.55. The van der Waals surface area contributed by atoms with E-state index in [-0.39, 0.29) is 5.91 Å². The number of rotatable bonds is 7. The fourth-order valence-electron chi connectivity index (χ4n) is 2.15. The second-order valence-electron chi connectivity index (χ2n) is 5.14. The summed E-state index contributed by atoms with van der Waals surface area (Å²) in [7, 11) is 0. The summed E-state index contributed by atoms with van der Waals surface area (Å²) < 4.78 is 0. The first-order valence-electron chi connectivity index (χ1n) is 7.06. The monoisotopic (exact) mass is 314 g/mol. The minimum Gasteiger partial charge on any atom is -0.368 e. The molecule has 2 rings (SSSR count). The maximum atomic E-state index is 11.6. The predicted molar refractivity (Wildman–Crippen MR) is 91.6 cm³/mol. The lowest BCUT2D eigenvalue weighted by molar-refractivity contribution is -0.119. The van der Waals surface area contributed by atoms with Gasteiger partial charge in [0.05, 0.1) is 6.04 Å². The van der Waals surface area contributed by atoms with Crippen LogP contribution in [0.1, 0.15) is 11.1 Å². The van der Waals surface area contributed by atoms with Crippen LogP contribution < -0.4 is 11.1 Å². The highest BCUT2D eigenvalue weighted by Crippen LogP contribution is 2.13. The topological polar surface area (TPSA) is 55.1 Å². The third kappa shape index (κ3) is 4.72. The van der Waals surface area contributed by atoms with E-state index in [4.69, 9.17) is 17.3 Å². The largest absolute Gasteiger partial charge is 0.368 e. The number of nitrogens with one attached hydrogen (secondary N) is 1. The highest BCUT2D eigenvalue weighted by Gasteiger charge is 2.15. The minimum atomic E-state index is -0.443. The van der Waals surface area contributed by atoms with Crippen LogP contribution in [0, 0.1) is 0 Å². The zero-order chi connectivity index (χ0) is 15.9. The van der Waals surface area contributed by atoms with Crippen LogP contribution in [0.5, 0.6) is 0 Å². The van der Waals surface area contributed by atoms with Gasteiger partial charge in [-0.25, -0.2) is 0 Å². The summed E-state index contributed by atoms with van der Waals surface area (Å²) in [6.07, 6.45) is 0.522. The van der Waals surface area contributed by atoms with Gasteiger partial charge in [0.2, 0.25) is 5.91 Å². The zero-order valence-corrected chi connectivity index (χ0v) is 13.0. The molecule has 2 aromatic carbocycles. The van der Waals surface area contributed by atoms with E-state index in [1.54, 1.807) is 12.1 Å². The smallest absolute Gasteiger partial charge is 0.234 e. The molecule has 3 N–H and O–H groups in total. The SMILES string of the molecule is C=C(CNC(Cc1ccc(Cl)cc1)C(N)=O)c1ccccc1. The van der Waals surface area contributed by atoms with Crippen molar-refractivity contribution in [2.75, 3.05) is 6.54 Å². The van der Waals surface area contributed by atoms with Crippen molar-refractivity contribution in [1.29, 1.82) is 0 Å². The van der Waals surface area contributed by atoms with Crippen molar-refractivity contribution in [2.45, 2.75) is 12.5 Å². The van der Waals surface area contributed by atoms with Gasteiger partial charge >= 0.3 is 0 Å². The van der Waals surface area contributed by atoms with Crippen LogP contribution >= 0.6 is 11.6 Å². The van der Waals surface area contributed by atoms with Crippen molar-refractivity contribution in [3.63, 3.8) is 0 Å². The third-order valence-electron chi connectivity index (χ3n) is 3.44. The molecule has 0 heterocycles. The van der Waals surface area contributed by atoms with Crippen molar-refractivity contribution in [1.82, 2.24) is 5.32 Å². The summed E-state index contributed by atoms with van der Waals surface area (Å²) in [5.74, 6) is -0.379. The number of primary amides is 1. The Morgan fingerprint density at radius 1 is 1.14 bits per heavy atom. The number of hydrogen-bond donors (Lipinski definition) is 2. The maximum Gasteiger partial charge on any atom is 0.234 e. The van der Waals surface area contributed by atoms with Gasteiger partial charge in [-0.2, -0.15) is 0 Å². The van der Waals surface area contributed by atoms with E-state index in [2.05, 4.69) is 11.9 Å². The molecule has 0 aromatic heterocycles. The van der Waals surface area contributed by atoms with Gasteiger partial charge < -0.3 is 11.1 Å². The Morgan fingerprint density at radius 2 is 1.77 bits per heavy atom. The molecule has 1 unspecified atom stereocenters. The molecule has 0 aliphatic carbocycles. The standard InChI is InChI=1S/C18H19ClN2O/c1-13(15-5-3-2-4-6-15)12-21-17(18(20)22)11-14-7-9-16(19)10-8-14/h2-10,17,21H,1,11-12H2,(H2,20,22). The minimum absolute atomic E-state index is 0.379. The molecule has 1 atom stereocenters. The number of nitrogens with two attached hydrogens (primary N) is 1. The first-order chi connectivity index (χ1) is 10.6. The van der Waals surface area contributed by atoms with E-state index in [1.807, 2.05) is 42.5 Å². The quantitative estimate of drug-likeness (QED) is 0.825. The molecule has 22 heavy (non-hydrogen) atoms. The molecule has 3 nitrogen and oxygen atoms in total. The molecular formula is C18H19ClN2O. The first-order valence-corrected chi connectivity index (χ1v) is 7.44. The average molecular weight is 315 g/mol. The molecule has 0 aliphatic rings. The Morgan fingerprint density at radius 3 is 2.36 bits per heavy atom. The number of carbonyl (C=O) groups excluding carboxylic acids is 1. The van der Waals surface area contributed by atoms with Crippen molar-refractivity contribution in [3.05, 3.63) is 77.3 Å². The second-order valence-corrected chi connectivity index (χ2v) is 5.57. The Labute approximate surface area is 135 Å². The van der Waals surface area contributed by atoms with E-state index < -0.39 is 6.04 Å². The van der Waals surface area contributed by atoms with Crippen molar-refractivity contribution < 1.29 is 4.79 Å². The maximum absolute atomic E-state index is 11.6. The summed E-state index contributed by atoms with van der Waals surface area (Å²) >= 11 is 5.86. The molecule has 0 saturated heterocycles. The van der Waals surface area contributed by atoms with E-state index in [1.165, 1.54) is 0 Å². The predicted octanol–water partition coefficient (Wildman–Crippen LogP) is 3.04. The zero-order valence-electron chi connectivity index (χ0n) is 12.3. The molecule has 0 saturated carbocycles. The Bertz CT molecular complexity index is 638. The highest BCUT2D eigenvalue weighted by molar-refractivity contribution is 6.30. The van der Waals surface area contributed by atoms with Crippen molar-refractivity contribution >= 4 is 23.1 Å². The summed E-state index contributed by atoms with van der Waals surface area (Å²) in [5, 5.41) is 3.84. The Balaban J connectivity index is 1.96. The normalized spacial score (nSPS) is 11.9. The van der Waals surface area contributed by atoms with Crippen LogP contribution in [0.2, 0.25) is 5.02 Å². The van der Waals surface area contributed by atoms with Crippen LogP contribution in [0.4, 0.5) is 0 Å². The van der Waals surface area contributed by atoms with Gasteiger partial charge in [-0.05, 0) is 35.3 Å². The molecule has 0 fully saturated rings. The molecule has 4 heteroatoms. The fourth-order valence-corrected chi connectivity index (χ4v) is 2.28. The van der Waals surface area contributed by atoms with Gasteiger partial charge in [0.1, 0.15) is 0 Å². The van der Waals surface area contributed by atoms with Gasteiger partial charge in [-0.15, -0.1) is 0 Å². The number of benzene rings is 2. The molecule has 114 valence electrons. The lowest BCUT2D eigenvalue weighted by Crippen LogP contribution is -2.43. The van der Waals surface area contributed by atoms with E-state index in [0.717, 1.165) is 16.7 Å². The van der Waals surface area contributed by atoms with Crippen LogP contribution in [-0.4, -0.2) is 18.5 Å². The molecule has 2 aromatic rings. The van der Waals surface area contributed by atoms with Crippen molar-refractivity contribution in [3.8, 4) is 0 Å². The Kier molecular flexibility index (Phi) is 5.75. The van der Waals surface area contributed by atoms with E-state index >= 15 is 0 Å². The third-order valence-corrected chi connectivity index (χ3v) is 3.69. The number of carbonyl (C=O) groups is 1. The lowest BCUT2D eigenvalue weighted by atomic mass is 10.0. The van der Waals surface area contributed by atoms with Gasteiger partial charge in [0, 0.05) is 11.6 Å². The molecule has 0 radical (unpaired) electrons. The summed E-state index contributed by atoms with van der Waals surface area (Å²) in [4.78, 5) is 11.6. The van der Waals surface area contributed by atoms with E-state index in [0.29, 0.717) is 18.0 Å². The summed E-state index contributed by atoms with van der Waals surface area (Å²) in [5.41, 5.74) is 8.45. The summed E-state index contributed by atoms with van der Waals surface area (Å²) in [6, 6.07) is 16.8. The van der Waals surface area contributed by atoms with Gasteiger partial charge in [-0.1, -0.05) is 60.6 Å². The lowest BCUT2D eigenvalue weighted by Gasteiger charge is -2.17. The average Bonchev–Trinajstić information content (AvgIpc) is 2.53. The number of hydrogen-bond acceptors (Lipinski definition) is 2. The van der Waals surface area contributed by atoms with Gasteiger partial charge in [0.15, 0.2) is 0 Å². The molecule has 0 spiro atoms. The van der Waals surface area contributed by atoms with E-state index in [9.17, 15) is 4.79 Å². The second kappa shape index (κ2) is 7.78. The highest BCUT2D eigenvalue weighted by atomic mass is 35.5.